The zero-order valence-corrected chi connectivity index (χ0v) is 8.54. The van der Waals surface area contributed by atoms with Crippen molar-refractivity contribution < 1.29 is 9.90 Å². The fourth-order valence-electron chi connectivity index (χ4n) is 2.17. The van der Waals surface area contributed by atoms with Crippen molar-refractivity contribution in [2.45, 2.75) is 36.1 Å². The number of aliphatic carboxylic acids is 1. The van der Waals surface area contributed by atoms with Crippen LogP contribution in [0.3, 0.4) is 0 Å². The Morgan fingerprint density at radius 3 is 2.69 bits per heavy atom. The van der Waals surface area contributed by atoms with Gasteiger partial charge in [-0.25, -0.2) is 0 Å². The molecule has 2 fully saturated rings. The van der Waals surface area contributed by atoms with Crippen LogP contribution in [0.15, 0.2) is 0 Å². The molecule has 0 aromatic heterocycles. The summed E-state index contributed by atoms with van der Waals surface area (Å²) in [5.74, 6) is -0.730. The number of carboxylic acids is 1. The summed E-state index contributed by atoms with van der Waals surface area (Å²) in [6, 6.07) is -0.226. The van der Waals surface area contributed by atoms with Gasteiger partial charge in [0.1, 0.15) is 6.04 Å². The molecule has 13 heavy (non-hydrogen) atoms. The van der Waals surface area contributed by atoms with Crippen molar-refractivity contribution in [3.8, 4) is 0 Å². The van der Waals surface area contributed by atoms with Crippen LogP contribution in [0.5, 0.6) is 0 Å². The van der Waals surface area contributed by atoms with Crippen LogP contribution >= 0.6 is 11.8 Å². The lowest BCUT2D eigenvalue weighted by atomic mass is 9.97. The minimum atomic E-state index is -0.730. The van der Waals surface area contributed by atoms with E-state index < -0.39 is 5.97 Å². The number of fused-ring (bicyclic) bond motifs is 1. The van der Waals surface area contributed by atoms with Gasteiger partial charge in [0.05, 0.1) is 5.37 Å². The molecule has 4 nitrogen and oxygen atoms in total. The maximum atomic E-state index is 11.0. The Morgan fingerprint density at radius 2 is 2.31 bits per heavy atom. The maximum Gasteiger partial charge on any atom is 0.322 e. The second-order valence-corrected chi connectivity index (χ2v) is 5.98. The number of nitrogens with zero attached hydrogens (tertiary/aromatic N) is 1. The Hall–Kier alpha value is -0.260. The van der Waals surface area contributed by atoms with Crippen molar-refractivity contribution >= 4 is 17.7 Å². The highest BCUT2D eigenvalue weighted by molar-refractivity contribution is 8.01. The monoisotopic (exact) mass is 202 g/mol. The van der Waals surface area contributed by atoms with Gasteiger partial charge in [0.25, 0.3) is 0 Å². The van der Waals surface area contributed by atoms with E-state index >= 15 is 0 Å². The third-order valence-corrected chi connectivity index (χ3v) is 4.46. The average molecular weight is 202 g/mol. The SMILES string of the molecule is CC1(C)S[C@H]2[C@@H](N)CN2[C@H]1C(=O)O. The van der Waals surface area contributed by atoms with Gasteiger partial charge < -0.3 is 10.8 Å². The lowest BCUT2D eigenvalue weighted by Crippen LogP contribution is -2.64. The summed E-state index contributed by atoms with van der Waals surface area (Å²) in [7, 11) is 0. The van der Waals surface area contributed by atoms with E-state index in [9.17, 15) is 4.79 Å². The van der Waals surface area contributed by atoms with Crippen LogP contribution in [-0.4, -0.2) is 44.7 Å². The quantitative estimate of drug-likeness (QED) is 0.623. The second-order valence-electron chi connectivity index (χ2n) is 4.21. The third-order valence-electron chi connectivity index (χ3n) is 2.76. The van der Waals surface area contributed by atoms with Gasteiger partial charge in [-0.3, -0.25) is 9.69 Å². The van der Waals surface area contributed by atoms with E-state index in [0.29, 0.717) is 0 Å². The minimum absolute atomic E-state index is 0.147. The van der Waals surface area contributed by atoms with Gasteiger partial charge in [-0.05, 0) is 13.8 Å². The topological polar surface area (TPSA) is 66.6 Å². The van der Waals surface area contributed by atoms with Gasteiger partial charge in [0, 0.05) is 17.3 Å². The zero-order valence-electron chi connectivity index (χ0n) is 7.73. The van der Waals surface area contributed by atoms with Gasteiger partial charge in [-0.2, -0.15) is 0 Å². The molecule has 0 aromatic carbocycles. The van der Waals surface area contributed by atoms with Crippen LogP contribution in [0, 0.1) is 0 Å². The summed E-state index contributed by atoms with van der Waals surface area (Å²) in [5.41, 5.74) is 5.79. The van der Waals surface area contributed by atoms with Gasteiger partial charge in [-0.1, -0.05) is 0 Å². The number of hydrogen-bond acceptors (Lipinski definition) is 4. The van der Waals surface area contributed by atoms with Crippen molar-refractivity contribution in [1.29, 1.82) is 0 Å². The third kappa shape index (κ3) is 1.18. The number of hydrogen-bond donors (Lipinski definition) is 2. The number of carboxylic acid groups (broad SMARTS) is 1. The van der Waals surface area contributed by atoms with E-state index in [1.54, 1.807) is 11.8 Å². The van der Waals surface area contributed by atoms with E-state index in [1.165, 1.54) is 0 Å². The molecule has 0 amide bonds. The average Bonchev–Trinajstić information content (AvgIpc) is 2.19. The summed E-state index contributed by atoms with van der Waals surface area (Å²) >= 11 is 1.68. The molecule has 0 aliphatic carbocycles. The first-order chi connectivity index (χ1) is 5.93. The predicted octanol–water partition coefficient (Wildman–Crippen LogP) is -0.0660. The van der Waals surface area contributed by atoms with E-state index in [2.05, 4.69) is 0 Å². The van der Waals surface area contributed by atoms with E-state index in [0.717, 1.165) is 6.54 Å². The summed E-state index contributed by atoms with van der Waals surface area (Å²) in [5, 5.41) is 9.28. The highest BCUT2D eigenvalue weighted by atomic mass is 32.2. The molecular formula is C8H14N2O2S. The Labute approximate surface area is 81.5 Å². The molecule has 2 saturated heterocycles. The largest absolute Gasteiger partial charge is 0.480 e. The van der Waals surface area contributed by atoms with Crippen molar-refractivity contribution in [2.75, 3.05) is 6.54 Å². The molecular weight excluding hydrogens is 188 g/mol. The molecule has 5 heteroatoms. The van der Waals surface area contributed by atoms with Crippen LogP contribution < -0.4 is 5.73 Å². The first-order valence-corrected chi connectivity index (χ1v) is 5.23. The molecule has 2 aliphatic heterocycles. The van der Waals surface area contributed by atoms with Gasteiger partial charge in [-0.15, -0.1) is 11.8 Å². The molecule has 2 rings (SSSR count). The normalized spacial score (nSPS) is 42.5. The molecule has 3 atom stereocenters. The van der Waals surface area contributed by atoms with Crippen LogP contribution in [-0.2, 0) is 4.79 Å². The molecule has 3 N–H and O–H groups in total. The number of rotatable bonds is 1. The highest BCUT2D eigenvalue weighted by Gasteiger charge is 2.57. The second kappa shape index (κ2) is 2.62. The van der Waals surface area contributed by atoms with Crippen LogP contribution in [0.1, 0.15) is 13.8 Å². The lowest BCUT2D eigenvalue weighted by molar-refractivity contribution is -0.145. The van der Waals surface area contributed by atoms with Gasteiger partial charge >= 0.3 is 5.97 Å². The van der Waals surface area contributed by atoms with Gasteiger partial charge in [0.2, 0.25) is 0 Å². The molecule has 0 saturated carbocycles. The molecule has 2 heterocycles. The Morgan fingerprint density at radius 1 is 1.69 bits per heavy atom. The summed E-state index contributed by atoms with van der Waals surface area (Å²) in [4.78, 5) is 13.0. The first-order valence-electron chi connectivity index (χ1n) is 4.35. The highest BCUT2D eigenvalue weighted by Crippen LogP contribution is 2.49. The molecule has 0 radical (unpaired) electrons. The standard InChI is InChI=1S/C8H14N2O2S/c1-8(2)5(7(11)12)10-3-4(9)6(10)13-8/h4-6H,3,9H2,1-2H3,(H,11,12)/t4-,5-,6-/m0/s1. The molecule has 74 valence electrons. The fraction of sp³-hybridized carbons (Fsp3) is 0.875. The molecule has 2 aliphatic rings. The zero-order chi connectivity index (χ0) is 9.80. The number of thioether (sulfide) groups is 1. The van der Waals surface area contributed by atoms with Crippen molar-refractivity contribution in [3.05, 3.63) is 0 Å². The maximum absolute atomic E-state index is 11.0. The van der Waals surface area contributed by atoms with Crippen LogP contribution in [0.25, 0.3) is 0 Å². The number of nitrogens with two attached hydrogens (primary N) is 1. The summed E-state index contributed by atoms with van der Waals surface area (Å²) in [6.07, 6.45) is 0. The van der Waals surface area contributed by atoms with Gasteiger partial charge in [0.15, 0.2) is 0 Å². The molecule has 0 bridgehead atoms. The summed E-state index contributed by atoms with van der Waals surface area (Å²) < 4.78 is -0.218. The van der Waals surface area contributed by atoms with Crippen molar-refractivity contribution in [2.24, 2.45) is 5.73 Å². The Bertz CT molecular complexity index is 257. The molecule has 0 unspecified atom stereocenters. The van der Waals surface area contributed by atoms with E-state index in [4.69, 9.17) is 10.8 Å². The predicted molar refractivity (Wildman–Crippen MR) is 51.6 cm³/mol. The van der Waals surface area contributed by atoms with E-state index in [-0.39, 0.29) is 22.2 Å². The van der Waals surface area contributed by atoms with Crippen molar-refractivity contribution in [1.82, 2.24) is 4.90 Å². The van der Waals surface area contributed by atoms with Crippen LogP contribution in [0.4, 0.5) is 0 Å². The van der Waals surface area contributed by atoms with Crippen LogP contribution in [0.2, 0.25) is 0 Å². The number of carbonyl (C=O) groups is 1. The first kappa shape index (κ1) is 9.30. The summed E-state index contributed by atoms with van der Waals surface area (Å²) in [6.45, 7) is 4.67. The van der Waals surface area contributed by atoms with E-state index in [1.807, 2.05) is 18.7 Å². The molecule has 0 aromatic rings. The Kier molecular flexibility index (Phi) is 1.87. The Balaban J connectivity index is 2.22. The molecule has 0 spiro atoms. The smallest absolute Gasteiger partial charge is 0.322 e. The lowest BCUT2D eigenvalue weighted by Gasteiger charge is -2.42. The fourth-order valence-corrected chi connectivity index (χ4v) is 3.76. The van der Waals surface area contributed by atoms with Crippen molar-refractivity contribution in [3.63, 3.8) is 0 Å². The minimum Gasteiger partial charge on any atom is -0.480 e.